The number of amides is 2. The summed E-state index contributed by atoms with van der Waals surface area (Å²) in [7, 11) is -2.21. The van der Waals surface area contributed by atoms with Gasteiger partial charge < -0.3 is 9.84 Å². The largest absolute Gasteiger partial charge is 0.395 e. The highest BCUT2D eigenvalue weighted by Crippen LogP contribution is 2.34. The zero-order valence-electron chi connectivity index (χ0n) is 16.3. The maximum absolute atomic E-state index is 12.5. The van der Waals surface area contributed by atoms with Crippen LogP contribution in [0.15, 0.2) is 24.3 Å². The summed E-state index contributed by atoms with van der Waals surface area (Å²) in [5.41, 5.74) is 0.874. The number of methoxy groups -OCH3 is 1. The first kappa shape index (κ1) is 23.4. The van der Waals surface area contributed by atoms with Gasteiger partial charge in [-0.15, -0.1) is 0 Å². The number of carbonyl (C=O) groups is 2. The molecule has 2 atom stereocenters. The molecule has 0 bridgehead atoms. The second-order valence-electron chi connectivity index (χ2n) is 6.57. The molecule has 1 fully saturated rings. The lowest BCUT2D eigenvalue weighted by Crippen LogP contribution is -2.61. The van der Waals surface area contributed by atoms with Gasteiger partial charge in [-0.2, -0.15) is 0 Å². The summed E-state index contributed by atoms with van der Waals surface area (Å²) in [5, 5.41) is 17.9. The fourth-order valence-electron chi connectivity index (χ4n) is 3.27. The summed E-state index contributed by atoms with van der Waals surface area (Å²) in [6.45, 7) is -0.0439. The predicted octanol–water partition coefficient (Wildman–Crippen LogP) is -0.536. The average Bonchev–Trinajstić information content (AvgIpc) is 3.07. The molecule has 1 aromatic rings. The van der Waals surface area contributed by atoms with Gasteiger partial charge in [-0.1, -0.05) is 11.8 Å². The smallest absolute Gasteiger partial charge is 0.269 e. The predicted molar refractivity (Wildman–Crippen MR) is 108 cm³/mol. The highest BCUT2D eigenvalue weighted by atomic mass is 32.2. The number of benzene rings is 1. The summed E-state index contributed by atoms with van der Waals surface area (Å²) in [6.07, 6.45) is 0.699. The van der Waals surface area contributed by atoms with E-state index in [0.717, 1.165) is 4.90 Å². The summed E-state index contributed by atoms with van der Waals surface area (Å²) in [6, 6.07) is 4.86. The van der Waals surface area contributed by atoms with Crippen LogP contribution in [0, 0.1) is 23.7 Å². The van der Waals surface area contributed by atoms with Gasteiger partial charge in [0, 0.05) is 24.8 Å². The van der Waals surface area contributed by atoms with Crippen molar-refractivity contribution in [1.29, 1.82) is 0 Å². The number of hydrogen-bond acceptors (Lipinski definition) is 7. The first-order valence-electron chi connectivity index (χ1n) is 8.95. The molecule has 0 aromatic heterocycles. The number of carbonyl (C=O) groups excluding carboxylic acids is 2. The maximum atomic E-state index is 12.5. The Labute approximate surface area is 174 Å². The lowest BCUT2D eigenvalue weighted by molar-refractivity contribution is -0.139. The Morgan fingerprint density at radius 2 is 2.07 bits per heavy atom. The van der Waals surface area contributed by atoms with Gasteiger partial charge in [0.1, 0.15) is 11.6 Å². The minimum Gasteiger partial charge on any atom is -0.395 e. The van der Waals surface area contributed by atoms with Crippen molar-refractivity contribution in [2.45, 2.75) is 24.5 Å². The summed E-state index contributed by atoms with van der Waals surface area (Å²) >= 11 is 0. The van der Waals surface area contributed by atoms with Crippen LogP contribution in [0.3, 0.4) is 0 Å². The first-order valence-corrected chi connectivity index (χ1v) is 10.8. The van der Waals surface area contributed by atoms with E-state index in [-0.39, 0.29) is 24.5 Å². The van der Waals surface area contributed by atoms with E-state index in [0.29, 0.717) is 18.4 Å². The molecular weight excluding hydrogens is 412 g/mol. The summed E-state index contributed by atoms with van der Waals surface area (Å²) in [4.78, 5) is 25.4. The lowest BCUT2D eigenvalue weighted by atomic mass is 9.90. The Kier molecular flexibility index (Phi) is 7.98. The van der Waals surface area contributed by atoms with Crippen molar-refractivity contribution in [1.82, 2.24) is 5.48 Å². The molecule has 2 amide bonds. The topological polar surface area (TPSA) is 133 Å². The molecule has 1 aliphatic heterocycles. The molecular formula is C20H22N2O7S. The van der Waals surface area contributed by atoms with Gasteiger partial charge in [0.05, 0.1) is 18.1 Å². The number of hydrogen-bond donors (Lipinski definition) is 3. The molecule has 0 saturated carbocycles. The van der Waals surface area contributed by atoms with Crippen LogP contribution in [0.2, 0.25) is 0 Å². The number of nitrogens with one attached hydrogen (secondary N) is 1. The van der Waals surface area contributed by atoms with Crippen molar-refractivity contribution in [3.63, 3.8) is 0 Å². The number of nitrogens with zero attached hydrogens (tertiary/aromatic N) is 1. The van der Waals surface area contributed by atoms with E-state index < -0.39 is 33.1 Å². The first-order chi connectivity index (χ1) is 14.3. The highest BCUT2D eigenvalue weighted by Gasteiger charge is 2.54. The molecule has 0 unspecified atom stereocenters. The van der Waals surface area contributed by atoms with Gasteiger partial charge in [0.25, 0.3) is 5.91 Å². The standard InChI is InChI=1S/C20H22N2O7S/c1-29-20(11-13-30(27,28)14-20)18(19(25)21-26)22(15-24)17-9-7-16(8-10-17)6-4-2-3-5-12-23/h7-10,15,18,23,26H,5,11-14H2,1H3,(H,21,25)/t18-,20+/m1/s1. The van der Waals surface area contributed by atoms with Crippen molar-refractivity contribution in [3.05, 3.63) is 29.8 Å². The molecule has 10 heteroatoms. The van der Waals surface area contributed by atoms with Gasteiger partial charge in [-0.25, -0.2) is 13.9 Å². The number of rotatable bonds is 7. The van der Waals surface area contributed by atoms with Gasteiger partial charge in [-0.3, -0.25) is 19.7 Å². The van der Waals surface area contributed by atoms with Crippen LogP contribution in [0.5, 0.6) is 0 Å². The third-order valence-electron chi connectivity index (χ3n) is 4.72. The van der Waals surface area contributed by atoms with Gasteiger partial charge in [-0.05, 0) is 42.5 Å². The number of hydroxylamine groups is 1. The molecule has 0 radical (unpaired) electrons. The quantitative estimate of drug-likeness (QED) is 0.227. The van der Waals surface area contributed by atoms with E-state index in [1.54, 1.807) is 12.1 Å². The van der Waals surface area contributed by atoms with E-state index in [1.807, 2.05) is 0 Å². The lowest BCUT2D eigenvalue weighted by Gasteiger charge is -2.39. The Bertz CT molecular complexity index is 1000. The van der Waals surface area contributed by atoms with Crippen LogP contribution >= 0.6 is 0 Å². The van der Waals surface area contributed by atoms with Gasteiger partial charge in [0.15, 0.2) is 9.84 Å². The highest BCUT2D eigenvalue weighted by molar-refractivity contribution is 7.91. The van der Waals surface area contributed by atoms with Crippen LogP contribution in [0.4, 0.5) is 5.69 Å². The molecule has 1 heterocycles. The van der Waals surface area contributed by atoms with Crippen molar-refractivity contribution >= 4 is 27.8 Å². The molecule has 9 nitrogen and oxygen atoms in total. The van der Waals surface area contributed by atoms with Crippen LogP contribution in [-0.2, 0) is 24.2 Å². The van der Waals surface area contributed by atoms with E-state index in [9.17, 15) is 23.2 Å². The normalized spacial score (nSPS) is 20.1. The molecule has 3 N–H and O–H groups in total. The molecule has 2 rings (SSSR count). The molecule has 0 spiro atoms. The van der Waals surface area contributed by atoms with Crippen LogP contribution in [0.25, 0.3) is 0 Å². The van der Waals surface area contributed by atoms with Crippen LogP contribution in [-0.4, -0.2) is 67.9 Å². The minimum absolute atomic E-state index is 0.00959. The fraction of sp³-hybridized carbons (Fsp3) is 0.400. The zero-order chi connectivity index (χ0) is 22.2. The second kappa shape index (κ2) is 10.2. The van der Waals surface area contributed by atoms with Crippen molar-refractivity contribution < 1.29 is 33.1 Å². The van der Waals surface area contributed by atoms with Crippen LogP contribution in [0.1, 0.15) is 18.4 Å². The number of ether oxygens (including phenoxy) is 1. The molecule has 160 valence electrons. The molecule has 1 aliphatic rings. The third kappa shape index (κ3) is 5.38. The SMILES string of the molecule is CO[C@@]1([C@@H](C(=O)NO)N(C=O)c2ccc(C#CC#CCCO)cc2)CCS(=O)(=O)C1. The van der Waals surface area contributed by atoms with E-state index in [1.165, 1.54) is 24.7 Å². The Balaban J connectivity index is 2.38. The molecule has 1 aromatic carbocycles. The summed E-state index contributed by atoms with van der Waals surface area (Å²) in [5.74, 6) is 9.05. The van der Waals surface area contributed by atoms with E-state index in [2.05, 4.69) is 23.7 Å². The Morgan fingerprint density at radius 3 is 2.57 bits per heavy atom. The van der Waals surface area contributed by atoms with E-state index >= 15 is 0 Å². The van der Waals surface area contributed by atoms with Crippen molar-refractivity contribution in [2.24, 2.45) is 0 Å². The molecule has 30 heavy (non-hydrogen) atoms. The average molecular weight is 434 g/mol. The molecule has 1 saturated heterocycles. The monoisotopic (exact) mass is 434 g/mol. The number of aliphatic hydroxyl groups excluding tert-OH is 1. The Hall–Kier alpha value is -2.89. The maximum Gasteiger partial charge on any atom is 0.269 e. The van der Waals surface area contributed by atoms with Crippen molar-refractivity contribution in [3.8, 4) is 23.7 Å². The zero-order valence-corrected chi connectivity index (χ0v) is 17.1. The van der Waals surface area contributed by atoms with E-state index in [4.69, 9.17) is 9.84 Å². The number of aliphatic hydroxyl groups is 1. The van der Waals surface area contributed by atoms with Gasteiger partial charge >= 0.3 is 0 Å². The molecule has 0 aliphatic carbocycles. The second-order valence-corrected chi connectivity index (χ2v) is 8.76. The minimum atomic E-state index is -3.48. The van der Waals surface area contributed by atoms with Gasteiger partial charge in [0.2, 0.25) is 6.41 Å². The van der Waals surface area contributed by atoms with Crippen LogP contribution < -0.4 is 10.4 Å². The Morgan fingerprint density at radius 1 is 1.37 bits per heavy atom. The fourth-order valence-corrected chi connectivity index (χ4v) is 5.23. The number of anilines is 1. The third-order valence-corrected chi connectivity index (χ3v) is 6.47. The number of sulfone groups is 1. The summed E-state index contributed by atoms with van der Waals surface area (Å²) < 4.78 is 29.5. The van der Waals surface area contributed by atoms with Crippen molar-refractivity contribution in [2.75, 3.05) is 30.1 Å².